The number of fused-ring (bicyclic) bond motifs is 1. The second kappa shape index (κ2) is 6.16. The lowest BCUT2D eigenvalue weighted by atomic mass is 10.1. The Kier molecular flexibility index (Phi) is 3.94. The van der Waals surface area contributed by atoms with Gasteiger partial charge < -0.3 is 5.32 Å². The highest BCUT2D eigenvalue weighted by atomic mass is 19.1. The van der Waals surface area contributed by atoms with Gasteiger partial charge in [-0.2, -0.15) is 5.10 Å². The van der Waals surface area contributed by atoms with E-state index in [2.05, 4.69) is 10.4 Å². The van der Waals surface area contributed by atoms with Crippen LogP contribution in [0.1, 0.15) is 54.7 Å². The molecule has 1 N–H and O–H groups in total. The average molecular weight is 356 g/mol. The summed E-state index contributed by atoms with van der Waals surface area (Å²) in [5.74, 6) is -1.62. The van der Waals surface area contributed by atoms with Crippen LogP contribution in [0.25, 0.3) is 11.0 Å². The summed E-state index contributed by atoms with van der Waals surface area (Å²) < 4.78 is 28.7. The van der Waals surface area contributed by atoms with Gasteiger partial charge in [-0.3, -0.25) is 4.79 Å². The van der Waals surface area contributed by atoms with Crippen LogP contribution in [0.4, 0.5) is 14.5 Å². The molecule has 3 aromatic rings. The fraction of sp³-hybridized carbons (Fsp3) is 0.316. The topological polar surface area (TPSA) is 59.8 Å². The second-order valence-electron chi connectivity index (χ2n) is 6.87. The molecular weight excluding hydrogens is 338 g/mol. The van der Waals surface area contributed by atoms with Crippen molar-refractivity contribution in [3.05, 3.63) is 53.4 Å². The summed E-state index contributed by atoms with van der Waals surface area (Å²) in [4.78, 5) is 17.5. The highest BCUT2D eigenvalue weighted by Gasteiger charge is 2.28. The van der Waals surface area contributed by atoms with Gasteiger partial charge in [0.15, 0.2) is 5.65 Å². The molecule has 1 saturated carbocycles. The van der Waals surface area contributed by atoms with E-state index in [0.717, 1.165) is 30.7 Å². The molecular formula is C19H18F2N4O. The highest BCUT2D eigenvalue weighted by Crippen LogP contribution is 2.40. The first-order valence-electron chi connectivity index (χ1n) is 8.58. The van der Waals surface area contributed by atoms with Crippen molar-refractivity contribution in [2.24, 2.45) is 0 Å². The number of anilines is 1. The lowest BCUT2D eigenvalue weighted by Crippen LogP contribution is -2.15. The average Bonchev–Trinajstić information content (AvgIpc) is 3.35. The number of nitrogens with zero attached hydrogens (tertiary/aromatic N) is 3. The molecule has 0 spiro atoms. The summed E-state index contributed by atoms with van der Waals surface area (Å²) in [6.07, 6.45) is 3.69. The van der Waals surface area contributed by atoms with E-state index in [1.54, 1.807) is 16.9 Å². The molecule has 0 unspecified atom stereocenters. The quantitative estimate of drug-likeness (QED) is 0.753. The van der Waals surface area contributed by atoms with Gasteiger partial charge in [0.25, 0.3) is 5.91 Å². The molecule has 4 rings (SSSR count). The third kappa shape index (κ3) is 2.94. The van der Waals surface area contributed by atoms with Gasteiger partial charge in [-0.15, -0.1) is 0 Å². The summed E-state index contributed by atoms with van der Waals surface area (Å²) in [5.41, 5.74) is 1.83. The van der Waals surface area contributed by atoms with Crippen molar-refractivity contribution in [3.63, 3.8) is 0 Å². The zero-order valence-corrected chi connectivity index (χ0v) is 14.5. The lowest BCUT2D eigenvalue weighted by molar-refractivity contribution is 0.102. The van der Waals surface area contributed by atoms with Gasteiger partial charge >= 0.3 is 0 Å². The molecule has 1 amide bonds. The minimum atomic E-state index is -0.816. The monoisotopic (exact) mass is 356 g/mol. The van der Waals surface area contributed by atoms with Crippen molar-refractivity contribution < 1.29 is 13.6 Å². The molecule has 5 nitrogen and oxygen atoms in total. The van der Waals surface area contributed by atoms with Crippen LogP contribution in [0, 0.1) is 11.6 Å². The molecule has 0 aliphatic heterocycles. The van der Waals surface area contributed by atoms with E-state index in [1.165, 1.54) is 6.07 Å². The van der Waals surface area contributed by atoms with Crippen LogP contribution < -0.4 is 5.32 Å². The Hall–Kier alpha value is -2.83. The Morgan fingerprint density at radius 3 is 2.69 bits per heavy atom. The number of hydrogen-bond acceptors (Lipinski definition) is 3. The molecule has 1 fully saturated rings. The summed E-state index contributed by atoms with van der Waals surface area (Å²) >= 11 is 0. The van der Waals surface area contributed by atoms with Gasteiger partial charge in [0.2, 0.25) is 0 Å². The van der Waals surface area contributed by atoms with E-state index in [0.29, 0.717) is 22.5 Å². The molecule has 0 radical (unpaired) electrons. The number of carbonyl (C=O) groups excluding carboxylic acids is 1. The summed E-state index contributed by atoms with van der Waals surface area (Å²) in [6, 6.07) is 4.90. The van der Waals surface area contributed by atoms with Gasteiger partial charge in [0.05, 0.1) is 22.8 Å². The van der Waals surface area contributed by atoms with Crippen molar-refractivity contribution in [3.8, 4) is 0 Å². The number of benzene rings is 1. The number of pyridine rings is 1. The van der Waals surface area contributed by atoms with Crippen LogP contribution in [-0.4, -0.2) is 20.7 Å². The molecule has 2 aromatic heterocycles. The van der Waals surface area contributed by atoms with Crippen LogP contribution in [0.15, 0.2) is 30.5 Å². The first-order chi connectivity index (χ1) is 12.4. The van der Waals surface area contributed by atoms with Crippen molar-refractivity contribution in [1.29, 1.82) is 0 Å². The molecule has 1 aliphatic rings. The summed E-state index contributed by atoms with van der Waals surface area (Å²) in [6.45, 7) is 3.98. The number of rotatable bonds is 4. The van der Waals surface area contributed by atoms with Crippen LogP contribution in [-0.2, 0) is 0 Å². The Labute approximate surface area is 149 Å². The predicted octanol–water partition coefficient (Wildman–Crippen LogP) is 4.42. The predicted molar refractivity (Wildman–Crippen MR) is 94.2 cm³/mol. The van der Waals surface area contributed by atoms with Gasteiger partial charge in [-0.1, -0.05) is 0 Å². The Bertz CT molecular complexity index is 1010. The second-order valence-corrected chi connectivity index (χ2v) is 6.87. The summed E-state index contributed by atoms with van der Waals surface area (Å²) in [5, 5.41) is 7.48. The largest absolute Gasteiger partial charge is 0.319 e. The maximum atomic E-state index is 13.9. The van der Waals surface area contributed by atoms with Crippen LogP contribution in [0.5, 0.6) is 0 Å². The normalized spacial score (nSPS) is 14.2. The molecule has 0 saturated heterocycles. The van der Waals surface area contributed by atoms with E-state index in [9.17, 15) is 13.6 Å². The van der Waals surface area contributed by atoms with E-state index < -0.39 is 17.5 Å². The number of amides is 1. The fourth-order valence-corrected chi connectivity index (χ4v) is 2.97. The Balaban J connectivity index is 1.78. The molecule has 0 atom stereocenters. The Morgan fingerprint density at radius 2 is 2.04 bits per heavy atom. The maximum Gasteiger partial charge on any atom is 0.256 e. The number of hydrogen-bond donors (Lipinski definition) is 1. The van der Waals surface area contributed by atoms with Crippen LogP contribution in [0.3, 0.4) is 0 Å². The van der Waals surface area contributed by atoms with Crippen molar-refractivity contribution in [2.75, 3.05) is 5.32 Å². The SMILES string of the molecule is CC(C)n1ncc2c(C(=O)Nc3ccc(F)cc3F)cc(C3CC3)nc21. The molecule has 1 aliphatic carbocycles. The minimum Gasteiger partial charge on any atom is -0.319 e. The van der Waals surface area contributed by atoms with Crippen molar-refractivity contribution in [2.45, 2.75) is 38.6 Å². The molecule has 2 heterocycles. The van der Waals surface area contributed by atoms with E-state index in [-0.39, 0.29) is 11.7 Å². The first-order valence-corrected chi connectivity index (χ1v) is 8.58. The van der Waals surface area contributed by atoms with Crippen molar-refractivity contribution >= 4 is 22.6 Å². The third-order valence-electron chi connectivity index (χ3n) is 4.50. The number of halogens is 2. The number of nitrogens with one attached hydrogen (secondary N) is 1. The van der Waals surface area contributed by atoms with Crippen LogP contribution >= 0.6 is 0 Å². The van der Waals surface area contributed by atoms with Gasteiger partial charge in [0, 0.05) is 23.7 Å². The molecule has 7 heteroatoms. The third-order valence-corrected chi connectivity index (χ3v) is 4.50. The molecule has 1 aromatic carbocycles. The van der Waals surface area contributed by atoms with E-state index >= 15 is 0 Å². The van der Waals surface area contributed by atoms with E-state index in [4.69, 9.17) is 4.98 Å². The highest BCUT2D eigenvalue weighted by molar-refractivity contribution is 6.12. The Morgan fingerprint density at radius 1 is 1.27 bits per heavy atom. The smallest absolute Gasteiger partial charge is 0.256 e. The lowest BCUT2D eigenvalue weighted by Gasteiger charge is -2.11. The van der Waals surface area contributed by atoms with Gasteiger partial charge in [-0.25, -0.2) is 18.4 Å². The molecule has 134 valence electrons. The standard InChI is InChI=1S/C19H18F2N4O/c1-10(2)25-18-14(9-22-25)13(8-17(23-18)11-3-4-11)19(26)24-16-6-5-12(20)7-15(16)21/h5-11H,3-4H2,1-2H3,(H,24,26). The van der Waals surface area contributed by atoms with Gasteiger partial charge in [-0.05, 0) is 44.9 Å². The minimum absolute atomic E-state index is 0.0643. The zero-order valence-electron chi connectivity index (χ0n) is 14.5. The molecule has 26 heavy (non-hydrogen) atoms. The van der Waals surface area contributed by atoms with Crippen molar-refractivity contribution in [1.82, 2.24) is 14.8 Å². The fourth-order valence-electron chi connectivity index (χ4n) is 2.97. The zero-order chi connectivity index (χ0) is 18.4. The van der Waals surface area contributed by atoms with E-state index in [1.807, 2.05) is 13.8 Å². The number of aromatic nitrogens is 3. The van der Waals surface area contributed by atoms with Crippen LogP contribution in [0.2, 0.25) is 0 Å². The first kappa shape index (κ1) is 16.6. The molecule has 0 bridgehead atoms. The summed E-state index contributed by atoms with van der Waals surface area (Å²) in [7, 11) is 0. The maximum absolute atomic E-state index is 13.9. The number of carbonyl (C=O) groups is 1. The van der Waals surface area contributed by atoms with Gasteiger partial charge in [0.1, 0.15) is 11.6 Å².